The second-order valence-electron chi connectivity index (χ2n) is 4.96. The molecule has 0 radical (unpaired) electrons. The number of rotatable bonds is 4. The van der Waals surface area contributed by atoms with Crippen molar-refractivity contribution in [3.63, 3.8) is 0 Å². The van der Waals surface area contributed by atoms with Gasteiger partial charge in [0.05, 0.1) is 0 Å². The van der Waals surface area contributed by atoms with E-state index in [1.807, 2.05) is 0 Å². The third-order valence-electron chi connectivity index (χ3n) is 3.65. The third-order valence-corrected chi connectivity index (χ3v) is 3.96. The molecule has 5 heteroatoms. The fourth-order valence-corrected chi connectivity index (χ4v) is 2.98. The maximum atomic E-state index is 5.21. The summed E-state index contributed by atoms with van der Waals surface area (Å²) in [5, 5.41) is 7.20. The van der Waals surface area contributed by atoms with Gasteiger partial charge in [-0.25, -0.2) is 5.10 Å². The van der Waals surface area contributed by atoms with Crippen molar-refractivity contribution in [1.82, 2.24) is 14.8 Å². The number of nitrogens with zero attached hydrogens (tertiary/aromatic N) is 3. The Kier molecular flexibility index (Phi) is 4.20. The van der Waals surface area contributed by atoms with Gasteiger partial charge in [0.2, 0.25) is 5.95 Å². The minimum atomic E-state index is 0.720. The molecule has 96 valence electrons. The molecule has 0 aromatic carbocycles. The Morgan fingerprint density at radius 1 is 1.41 bits per heavy atom. The van der Waals surface area contributed by atoms with Crippen LogP contribution in [-0.4, -0.2) is 28.4 Å². The molecule has 0 aliphatic heterocycles. The molecule has 1 fully saturated rings. The fourth-order valence-electron chi connectivity index (χ4n) is 2.72. The van der Waals surface area contributed by atoms with Crippen molar-refractivity contribution in [2.75, 3.05) is 18.5 Å². The van der Waals surface area contributed by atoms with Crippen molar-refractivity contribution in [2.24, 2.45) is 5.92 Å². The summed E-state index contributed by atoms with van der Waals surface area (Å²) in [7, 11) is 2.12. The van der Waals surface area contributed by atoms with Crippen LogP contribution in [0.3, 0.4) is 0 Å². The molecule has 0 saturated heterocycles. The predicted octanol–water partition coefficient (Wildman–Crippen LogP) is 2.98. The lowest BCUT2D eigenvalue weighted by Gasteiger charge is -2.27. The Balaban J connectivity index is 2.03. The van der Waals surface area contributed by atoms with Crippen LogP contribution in [0.2, 0.25) is 0 Å². The van der Waals surface area contributed by atoms with Crippen LogP contribution in [0.25, 0.3) is 0 Å². The van der Waals surface area contributed by atoms with Crippen molar-refractivity contribution in [2.45, 2.75) is 45.6 Å². The number of hydrogen-bond donors (Lipinski definition) is 1. The molecule has 1 saturated carbocycles. The maximum absolute atomic E-state index is 5.21. The van der Waals surface area contributed by atoms with Gasteiger partial charge >= 0.3 is 0 Å². The molecule has 1 aliphatic carbocycles. The Bertz CT molecular complexity index is 403. The number of anilines is 1. The zero-order chi connectivity index (χ0) is 12.3. The largest absolute Gasteiger partial charge is 0.344 e. The van der Waals surface area contributed by atoms with Crippen molar-refractivity contribution < 1.29 is 0 Å². The van der Waals surface area contributed by atoms with E-state index in [0.717, 1.165) is 29.7 Å². The summed E-state index contributed by atoms with van der Waals surface area (Å²) in [4.78, 5) is 2.24. The molecule has 1 heterocycles. The zero-order valence-corrected chi connectivity index (χ0v) is 11.6. The summed E-state index contributed by atoms with van der Waals surface area (Å²) >= 11 is 5.21. The van der Waals surface area contributed by atoms with Crippen LogP contribution >= 0.6 is 12.2 Å². The minimum Gasteiger partial charge on any atom is -0.344 e. The number of aromatic amines is 1. The van der Waals surface area contributed by atoms with E-state index >= 15 is 0 Å². The highest BCUT2D eigenvalue weighted by Gasteiger charge is 2.18. The van der Waals surface area contributed by atoms with Crippen LogP contribution in [-0.2, 0) is 6.54 Å². The first-order chi connectivity index (χ1) is 8.22. The topological polar surface area (TPSA) is 36.9 Å². The van der Waals surface area contributed by atoms with Crippen molar-refractivity contribution in [3.8, 4) is 0 Å². The first kappa shape index (κ1) is 12.6. The van der Waals surface area contributed by atoms with Gasteiger partial charge in [-0.05, 0) is 37.9 Å². The first-order valence-corrected chi connectivity index (χ1v) is 6.99. The molecule has 0 atom stereocenters. The van der Waals surface area contributed by atoms with E-state index in [1.54, 1.807) is 0 Å². The zero-order valence-electron chi connectivity index (χ0n) is 10.8. The van der Waals surface area contributed by atoms with E-state index in [9.17, 15) is 0 Å². The van der Waals surface area contributed by atoms with E-state index < -0.39 is 0 Å². The van der Waals surface area contributed by atoms with Crippen LogP contribution in [0, 0.1) is 10.7 Å². The molecule has 0 amide bonds. The molecule has 4 nitrogen and oxygen atoms in total. The third kappa shape index (κ3) is 2.89. The Hall–Kier alpha value is -0.840. The average Bonchev–Trinajstić information content (AvgIpc) is 2.71. The molecule has 2 rings (SSSR count). The normalized spacial score (nSPS) is 17.3. The van der Waals surface area contributed by atoms with Gasteiger partial charge in [0.25, 0.3) is 0 Å². The predicted molar refractivity (Wildman–Crippen MR) is 72.9 cm³/mol. The maximum Gasteiger partial charge on any atom is 0.225 e. The van der Waals surface area contributed by atoms with E-state index in [4.69, 9.17) is 12.2 Å². The summed E-state index contributed by atoms with van der Waals surface area (Å²) in [6.45, 7) is 4.07. The Morgan fingerprint density at radius 2 is 2.12 bits per heavy atom. The molecule has 1 aliphatic rings. The summed E-state index contributed by atoms with van der Waals surface area (Å²) in [6.07, 6.45) is 6.91. The van der Waals surface area contributed by atoms with Crippen LogP contribution in [0.1, 0.15) is 39.0 Å². The molecule has 0 spiro atoms. The average molecular weight is 254 g/mol. The van der Waals surface area contributed by atoms with Gasteiger partial charge in [0, 0.05) is 20.1 Å². The van der Waals surface area contributed by atoms with Gasteiger partial charge in [0.1, 0.15) is 0 Å². The molecule has 1 aromatic heterocycles. The standard InChI is InChI=1S/C12H22N4S/c1-3-16-11(13-14-12(16)17)15(2)9-10-7-5-4-6-8-10/h10H,3-9H2,1-2H3,(H,14,17). The summed E-state index contributed by atoms with van der Waals surface area (Å²) < 4.78 is 2.77. The lowest BCUT2D eigenvalue weighted by atomic mass is 9.89. The summed E-state index contributed by atoms with van der Waals surface area (Å²) in [5.74, 6) is 1.80. The molecule has 0 unspecified atom stereocenters. The highest BCUT2D eigenvalue weighted by molar-refractivity contribution is 7.71. The summed E-state index contributed by atoms with van der Waals surface area (Å²) in [5.41, 5.74) is 0. The molecule has 1 N–H and O–H groups in total. The van der Waals surface area contributed by atoms with Gasteiger partial charge in [0.15, 0.2) is 4.77 Å². The highest BCUT2D eigenvalue weighted by atomic mass is 32.1. The smallest absolute Gasteiger partial charge is 0.225 e. The van der Waals surface area contributed by atoms with E-state index in [2.05, 4.69) is 33.6 Å². The molecular weight excluding hydrogens is 232 g/mol. The van der Waals surface area contributed by atoms with Crippen LogP contribution in [0.15, 0.2) is 0 Å². The van der Waals surface area contributed by atoms with Gasteiger partial charge in [-0.15, -0.1) is 5.10 Å². The van der Waals surface area contributed by atoms with Gasteiger partial charge in [-0.2, -0.15) is 0 Å². The lowest BCUT2D eigenvalue weighted by Crippen LogP contribution is -2.29. The number of nitrogens with one attached hydrogen (secondary N) is 1. The Morgan fingerprint density at radius 3 is 2.76 bits per heavy atom. The van der Waals surface area contributed by atoms with E-state index in [0.29, 0.717) is 0 Å². The SMILES string of the molecule is CCn1c(N(C)CC2CCCCC2)n[nH]c1=S. The second kappa shape index (κ2) is 5.67. The molecular formula is C12H22N4S. The second-order valence-corrected chi connectivity index (χ2v) is 5.34. The Labute approximate surface area is 108 Å². The quantitative estimate of drug-likeness (QED) is 0.839. The monoisotopic (exact) mass is 254 g/mol. The van der Waals surface area contributed by atoms with Crippen LogP contribution in [0.5, 0.6) is 0 Å². The first-order valence-electron chi connectivity index (χ1n) is 6.58. The van der Waals surface area contributed by atoms with Crippen molar-refractivity contribution >= 4 is 18.2 Å². The van der Waals surface area contributed by atoms with E-state index in [1.165, 1.54) is 32.1 Å². The van der Waals surface area contributed by atoms with Crippen LogP contribution < -0.4 is 4.90 Å². The number of aromatic nitrogens is 3. The van der Waals surface area contributed by atoms with E-state index in [-0.39, 0.29) is 0 Å². The van der Waals surface area contributed by atoms with Crippen molar-refractivity contribution in [3.05, 3.63) is 4.77 Å². The highest BCUT2D eigenvalue weighted by Crippen LogP contribution is 2.25. The number of hydrogen-bond acceptors (Lipinski definition) is 3. The number of H-pyrrole nitrogens is 1. The molecule has 0 bridgehead atoms. The van der Waals surface area contributed by atoms with Crippen molar-refractivity contribution in [1.29, 1.82) is 0 Å². The summed E-state index contributed by atoms with van der Waals surface area (Å²) in [6, 6.07) is 0. The van der Waals surface area contributed by atoms with Gasteiger partial charge in [-0.1, -0.05) is 19.3 Å². The molecule has 17 heavy (non-hydrogen) atoms. The van der Waals surface area contributed by atoms with Gasteiger partial charge < -0.3 is 4.90 Å². The van der Waals surface area contributed by atoms with Gasteiger partial charge in [-0.3, -0.25) is 4.57 Å². The minimum absolute atomic E-state index is 0.720. The van der Waals surface area contributed by atoms with Crippen LogP contribution in [0.4, 0.5) is 5.95 Å². The fraction of sp³-hybridized carbons (Fsp3) is 0.833. The lowest BCUT2D eigenvalue weighted by molar-refractivity contribution is 0.360. The molecule has 1 aromatic rings.